The lowest BCUT2D eigenvalue weighted by Gasteiger charge is -1.99. The van der Waals surface area contributed by atoms with Gasteiger partial charge in [0.15, 0.2) is 5.75 Å². The van der Waals surface area contributed by atoms with Crippen LogP contribution in [0.15, 0.2) is 22.6 Å². The summed E-state index contributed by atoms with van der Waals surface area (Å²) in [5, 5.41) is 1.03. The Kier molecular flexibility index (Phi) is 1.97. The second-order valence-electron chi connectivity index (χ2n) is 2.91. The molecule has 2 nitrogen and oxygen atoms in total. The van der Waals surface area contributed by atoms with E-state index in [4.69, 9.17) is 9.15 Å². The van der Waals surface area contributed by atoms with Crippen molar-refractivity contribution in [1.29, 1.82) is 0 Å². The van der Waals surface area contributed by atoms with Gasteiger partial charge in [0.25, 0.3) is 0 Å². The molecule has 0 aliphatic heterocycles. The number of hydrogen-bond donors (Lipinski definition) is 0. The average molecular weight is 175 g/mol. The molecule has 0 fully saturated rings. The van der Waals surface area contributed by atoms with E-state index in [1.54, 1.807) is 0 Å². The molecule has 0 saturated heterocycles. The highest BCUT2D eigenvalue weighted by molar-refractivity contribution is 5.86. The summed E-state index contributed by atoms with van der Waals surface area (Å²) in [5.74, 6) is 0.718. The normalized spacial score (nSPS) is 10.6. The van der Waals surface area contributed by atoms with Crippen LogP contribution in [0.3, 0.4) is 0 Å². The van der Waals surface area contributed by atoms with Crippen molar-refractivity contribution in [2.45, 2.75) is 13.8 Å². The molecule has 2 heteroatoms. The summed E-state index contributed by atoms with van der Waals surface area (Å²) < 4.78 is 10.6. The fourth-order valence-corrected chi connectivity index (χ4v) is 1.42. The highest BCUT2D eigenvalue weighted by Gasteiger charge is 2.08. The second kappa shape index (κ2) is 3.13. The van der Waals surface area contributed by atoms with Gasteiger partial charge in [0.05, 0.1) is 12.0 Å². The van der Waals surface area contributed by atoms with Crippen molar-refractivity contribution in [1.82, 2.24) is 0 Å². The van der Waals surface area contributed by atoms with Crippen molar-refractivity contribution in [3.05, 3.63) is 30.0 Å². The van der Waals surface area contributed by atoms with Gasteiger partial charge < -0.3 is 9.15 Å². The van der Waals surface area contributed by atoms with E-state index in [0.29, 0.717) is 6.61 Å². The Hall–Kier alpha value is -1.44. The van der Waals surface area contributed by atoms with E-state index < -0.39 is 0 Å². The lowest BCUT2D eigenvalue weighted by atomic mass is 10.1. The van der Waals surface area contributed by atoms with Crippen molar-refractivity contribution in [3.63, 3.8) is 0 Å². The number of hydrogen-bond acceptors (Lipinski definition) is 2. The number of furan rings is 1. The van der Waals surface area contributed by atoms with Gasteiger partial charge in [-0.1, -0.05) is 12.1 Å². The van der Waals surface area contributed by atoms with E-state index in [-0.39, 0.29) is 0 Å². The first-order valence-electron chi connectivity index (χ1n) is 4.35. The predicted molar refractivity (Wildman–Crippen MR) is 51.0 cm³/mol. The Morgan fingerprint density at radius 3 is 3.08 bits per heavy atom. The monoisotopic (exact) mass is 175 g/mol. The molecule has 67 valence electrons. The third-order valence-electron chi connectivity index (χ3n) is 2.00. The molecular weight excluding hydrogens is 164 g/mol. The topological polar surface area (TPSA) is 22.4 Å². The summed E-state index contributed by atoms with van der Waals surface area (Å²) in [6.07, 6.45) is 2.76. The highest BCUT2D eigenvalue weighted by Crippen LogP contribution is 2.29. The van der Waals surface area contributed by atoms with Crippen LogP contribution in [0.4, 0.5) is 0 Å². The molecule has 0 aliphatic rings. The van der Waals surface area contributed by atoms with Crippen molar-refractivity contribution < 1.29 is 9.15 Å². The van der Waals surface area contributed by atoms with E-state index in [0.717, 1.165) is 22.3 Å². The quantitative estimate of drug-likeness (QED) is 0.700. The fourth-order valence-electron chi connectivity index (χ4n) is 1.42. The maximum atomic E-state index is 5.39. The predicted octanol–water partition coefficient (Wildman–Crippen LogP) is 2.94. The SMILES string of the molecule is CCOc1[c]oc2cccc(C)c12. The number of benzene rings is 1. The van der Waals surface area contributed by atoms with Crippen LogP contribution in [0.1, 0.15) is 12.5 Å². The minimum Gasteiger partial charge on any atom is -0.489 e. The second-order valence-corrected chi connectivity index (χ2v) is 2.91. The first-order valence-corrected chi connectivity index (χ1v) is 4.35. The summed E-state index contributed by atoms with van der Waals surface area (Å²) in [5.41, 5.74) is 1.99. The maximum absolute atomic E-state index is 5.39. The minimum absolute atomic E-state index is 0.638. The van der Waals surface area contributed by atoms with Crippen LogP contribution in [-0.4, -0.2) is 6.61 Å². The lowest BCUT2D eigenvalue weighted by Crippen LogP contribution is -1.90. The van der Waals surface area contributed by atoms with Gasteiger partial charge in [-0.2, -0.15) is 0 Å². The number of ether oxygens (including phenoxy) is 1. The first-order chi connectivity index (χ1) is 6.33. The van der Waals surface area contributed by atoms with Crippen molar-refractivity contribution >= 4 is 11.0 Å². The zero-order valence-electron chi connectivity index (χ0n) is 7.76. The Morgan fingerprint density at radius 1 is 1.46 bits per heavy atom. The van der Waals surface area contributed by atoms with Gasteiger partial charge in [-0.15, -0.1) is 0 Å². The van der Waals surface area contributed by atoms with Gasteiger partial charge in [0.1, 0.15) is 5.58 Å². The van der Waals surface area contributed by atoms with Crippen LogP contribution in [0.5, 0.6) is 5.75 Å². The molecule has 2 aromatic rings. The van der Waals surface area contributed by atoms with Crippen molar-refractivity contribution in [2.75, 3.05) is 6.61 Å². The van der Waals surface area contributed by atoms with Crippen LogP contribution in [0.25, 0.3) is 11.0 Å². The molecule has 1 aromatic carbocycles. The van der Waals surface area contributed by atoms with E-state index in [2.05, 4.69) is 6.26 Å². The molecule has 0 spiro atoms. The molecule has 0 aliphatic carbocycles. The van der Waals surface area contributed by atoms with Gasteiger partial charge in [-0.25, -0.2) is 0 Å². The van der Waals surface area contributed by atoms with Crippen molar-refractivity contribution in [2.24, 2.45) is 0 Å². The largest absolute Gasteiger partial charge is 0.489 e. The number of rotatable bonds is 2. The van der Waals surface area contributed by atoms with E-state index in [1.165, 1.54) is 0 Å². The molecule has 0 unspecified atom stereocenters. The van der Waals surface area contributed by atoms with Gasteiger partial charge in [-0.05, 0) is 25.5 Å². The summed E-state index contributed by atoms with van der Waals surface area (Å²) in [6, 6.07) is 5.92. The molecule has 0 amide bonds. The molecule has 1 radical (unpaired) electrons. The summed E-state index contributed by atoms with van der Waals surface area (Å²) in [6.45, 7) is 4.62. The van der Waals surface area contributed by atoms with E-state index in [9.17, 15) is 0 Å². The third kappa shape index (κ3) is 1.28. The van der Waals surface area contributed by atoms with Gasteiger partial charge in [0, 0.05) is 0 Å². The van der Waals surface area contributed by atoms with Crippen LogP contribution in [-0.2, 0) is 0 Å². The van der Waals surface area contributed by atoms with Gasteiger partial charge in [-0.3, -0.25) is 0 Å². The summed E-state index contributed by atoms with van der Waals surface area (Å²) >= 11 is 0. The molecule has 0 N–H and O–H groups in total. The lowest BCUT2D eigenvalue weighted by molar-refractivity contribution is 0.337. The standard InChI is InChI=1S/C11H11O2/c1-3-12-10-7-13-9-6-4-5-8(2)11(9)10/h4-6H,3H2,1-2H3. The molecule has 1 heterocycles. The fraction of sp³-hybridized carbons (Fsp3) is 0.273. The van der Waals surface area contributed by atoms with E-state index >= 15 is 0 Å². The van der Waals surface area contributed by atoms with Crippen LogP contribution < -0.4 is 4.74 Å². The first kappa shape index (κ1) is 8.17. The molecular formula is C11H11O2. The summed E-state index contributed by atoms with van der Waals surface area (Å²) in [4.78, 5) is 0. The molecule has 13 heavy (non-hydrogen) atoms. The zero-order chi connectivity index (χ0) is 9.26. The highest BCUT2D eigenvalue weighted by atomic mass is 16.5. The summed E-state index contributed by atoms with van der Waals surface area (Å²) in [7, 11) is 0. The van der Waals surface area contributed by atoms with E-state index in [1.807, 2.05) is 32.0 Å². The zero-order valence-corrected chi connectivity index (χ0v) is 7.76. The molecule has 0 atom stereocenters. The van der Waals surface area contributed by atoms with Gasteiger partial charge in [0.2, 0.25) is 6.26 Å². The van der Waals surface area contributed by atoms with Gasteiger partial charge >= 0.3 is 0 Å². The molecule has 2 rings (SSSR count). The average Bonchev–Trinajstić information content (AvgIpc) is 2.51. The van der Waals surface area contributed by atoms with Crippen LogP contribution in [0, 0.1) is 13.2 Å². The van der Waals surface area contributed by atoms with Crippen LogP contribution in [0.2, 0.25) is 0 Å². The Bertz CT molecular complexity index is 415. The molecule has 0 saturated carbocycles. The van der Waals surface area contributed by atoms with Crippen molar-refractivity contribution in [3.8, 4) is 5.75 Å². The molecule has 1 aromatic heterocycles. The minimum atomic E-state index is 0.638. The third-order valence-corrected chi connectivity index (χ3v) is 2.00. The number of aryl methyl sites for hydroxylation is 1. The Morgan fingerprint density at radius 2 is 2.31 bits per heavy atom. The smallest absolute Gasteiger partial charge is 0.216 e. The maximum Gasteiger partial charge on any atom is 0.216 e. The van der Waals surface area contributed by atoms with Crippen LogP contribution >= 0.6 is 0 Å². The number of fused-ring (bicyclic) bond motifs is 1. The Balaban J connectivity index is 2.64. The Labute approximate surface area is 77.1 Å². The molecule has 0 bridgehead atoms.